The van der Waals surface area contributed by atoms with Gasteiger partial charge in [-0.2, -0.15) is 0 Å². The van der Waals surface area contributed by atoms with Crippen LogP contribution in [0.2, 0.25) is 0 Å². The minimum atomic E-state index is -0.458. The van der Waals surface area contributed by atoms with Crippen molar-refractivity contribution >= 4 is 16.8 Å². The molecule has 0 aliphatic heterocycles. The van der Waals surface area contributed by atoms with Crippen molar-refractivity contribution in [1.82, 2.24) is 0 Å². The Morgan fingerprint density at radius 2 is 2.27 bits per heavy atom. The molecule has 0 unspecified atom stereocenters. The summed E-state index contributed by atoms with van der Waals surface area (Å²) in [5, 5.41) is -0.458. The van der Waals surface area contributed by atoms with E-state index in [0.29, 0.717) is 23.8 Å². The monoisotopic (exact) mass is 224 g/mol. The second-order valence-electron chi connectivity index (χ2n) is 3.74. The van der Waals surface area contributed by atoms with Gasteiger partial charge in [-0.3, -0.25) is 4.79 Å². The Morgan fingerprint density at radius 1 is 1.53 bits per heavy atom. The zero-order chi connectivity index (χ0) is 10.8. The molecule has 0 amide bonds. The molecule has 0 spiro atoms. The Kier molecular flexibility index (Phi) is 2.96. The molecule has 0 heterocycles. The minimum absolute atomic E-state index is 0.458. The van der Waals surface area contributed by atoms with E-state index in [1.807, 2.05) is 19.1 Å². The van der Waals surface area contributed by atoms with E-state index in [2.05, 4.69) is 0 Å². The van der Waals surface area contributed by atoms with Gasteiger partial charge in [0.25, 0.3) is 5.24 Å². The van der Waals surface area contributed by atoms with Crippen LogP contribution in [-0.2, 0) is 0 Å². The average molecular weight is 225 g/mol. The second kappa shape index (κ2) is 4.23. The highest BCUT2D eigenvalue weighted by molar-refractivity contribution is 6.68. The lowest BCUT2D eigenvalue weighted by Gasteiger charge is -2.09. The average Bonchev–Trinajstić information content (AvgIpc) is 3.01. The standard InChI is InChI=1S/C12H13ClO2/c1-2-15-11-7-9(8-3-4-8)5-6-10(11)12(13)14/h5-8H,2-4H2,1H3. The van der Waals surface area contributed by atoms with Gasteiger partial charge < -0.3 is 4.74 Å². The van der Waals surface area contributed by atoms with Crippen molar-refractivity contribution in [3.8, 4) is 5.75 Å². The number of ether oxygens (including phenoxy) is 1. The number of hydrogen-bond acceptors (Lipinski definition) is 2. The van der Waals surface area contributed by atoms with Gasteiger partial charge in [0.1, 0.15) is 5.75 Å². The lowest BCUT2D eigenvalue weighted by atomic mass is 10.1. The van der Waals surface area contributed by atoms with Crippen LogP contribution in [-0.4, -0.2) is 11.8 Å². The Morgan fingerprint density at radius 3 is 2.80 bits per heavy atom. The van der Waals surface area contributed by atoms with Gasteiger partial charge >= 0.3 is 0 Å². The molecule has 0 saturated heterocycles. The summed E-state index contributed by atoms with van der Waals surface area (Å²) in [4.78, 5) is 11.1. The maximum Gasteiger partial charge on any atom is 0.256 e. The summed E-state index contributed by atoms with van der Waals surface area (Å²) in [6.45, 7) is 2.44. The van der Waals surface area contributed by atoms with Gasteiger partial charge in [-0.1, -0.05) is 6.07 Å². The smallest absolute Gasteiger partial charge is 0.256 e. The molecule has 1 aliphatic rings. The quantitative estimate of drug-likeness (QED) is 0.734. The molecule has 2 nitrogen and oxygen atoms in total. The van der Waals surface area contributed by atoms with Crippen molar-refractivity contribution in [2.24, 2.45) is 0 Å². The molecule has 0 atom stereocenters. The van der Waals surface area contributed by atoms with Crippen molar-refractivity contribution < 1.29 is 9.53 Å². The van der Waals surface area contributed by atoms with Gasteiger partial charge in [-0.15, -0.1) is 0 Å². The van der Waals surface area contributed by atoms with Crippen LogP contribution in [0.25, 0.3) is 0 Å². The predicted octanol–water partition coefficient (Wildman–Crippen LogP) is 3.34. The number of benzene rings is 1. The van der Waals surface area contributed by atoms with Gasteiger partial charge in [-0.05, 0) is 55.0 Å². The molecule has 0 radical (unpaired) electrons. The van der Waals surface area contributed by atoms with E-state index in [0.717, 1.165) is 0 Å². The topological polar surface area (TPSA) is 26.3 Å². The maximum atomic E-state index is 11.1. The third-order valence-electron chi connectivity index (χ3n) is 2.57. The van der Waals surface area contributed by atoms with Crippen LogP contribution in [0.3, 0.4) is 0 Å². The third kappa shape index (κ3) is 2.32. The Balaban J connectivity index is 2.34. The van der Waals surface area contributed by atoms with E-state index < -0.39 is 5.24 Å². The molecule has 1 aromatic carbocycles. The minimum Gasteiger partial charge on any atom is -0.493 e. The Hall–Kier alpha value is -1.02. The maximum absolute atomic E-state index is 11.1. The van der Waals surface area contributed by atoms with Crippen LogP contribution >= 0.6 is 11.6 Å². The fourth-order valence-corrected chi connectivity index (χ4v) is 1.80. The highest BCUT2D eigenvalue weighted by atomic mass is 35.5. The van der Waals surface area contributed by atoms with Crippen LogP contribution < -0.4 is 4.74 Å². The molecule has 0 bridgehead atoms. The van der Waals surface area contributed by atoms with Gasteiger partial charge in [0, 0.05) is 0 Å². The van der Waals surface area contributed by atoms with Crippen LogP contribution in [0.15, 0.2) is 18.2 Å². The van der Waals surface area contributed by atoms with E-state index in [-0.39, 0.29) is 0 Å². The van der Waals surface area contributed by atoms with Crippen molar-refractivity contribution in [1.29, 1.82) is 0 Å². The molecule has 2 rings (SSSR count). The number of carbonyl (C=O) groups excluding carboxylic acids is 1. The molecule has 1 aromatic rings. The van der Waals surface area contributed by atoms with E-state index in [4.69, 9.17) is 16.3 Å². The highest BCUT2D eigenvalue weighted by Gasteiger charge is 2.24. The molecule has 1 saturated carbocycles. The third-order valence-corrected chi connectivity index (χ3v) is 2.77. The molecular formula is C12H13ClO2. The molecule has 1 fully saturated rings. The first-order chi connectivity index (χ1) is 7.22. The lowest BCUT2D eigenvalue weighted by Crippen LogP contribution is -2.00. The van der Waals surface area contributed by atoms with Crippen molar-refractivity contribution in [3.63, 3.8) is 0 Å². The number of hydrogen-bond donors (Lipinski definition) is 0. The van der Waals surface area contributed by atoms with Crippen molar-refractivity contribution in [2.75, 3.05) is 6.61 Å². The zero-order valence-electron chi connectivity index (χ0n) is 8.63. The molecular weight excluding hydrogens is 212 g/mol. The van der Waals surface area contributed by atoms with Crippen LogP contribution in [0, 0.1) is 0 Å². The summed E-state index contributed by atoms with van der Waals surface area (Å²) in [7, 11) is 0. The summed E-state index contributed by atoms with van der Waals surface area (Å²) in [5.74, 6) is 1.27. The Bertz CT molecular complexity index is 383. The Labute approximate surface area is 94.2 Å². The largest absolute Gasteiger partial charge is 0.493 e. The van der Waals surface area contributed by atoms with Gasteiger partial charge in [-0.25, -0.2) is 0 Å². The summed E-state index contributed by atoms with van der Waals surface area (Å²) in [6.07, 6.45) is 2.47. The summed E-state index contributed by atoms with van der Waals surface area (Å²) in [6, 6.07) is 5.67. The van der Waals surface area contributed by atoms with Gasteiger partial charge in [0.15, 0.2) is 0 Å². The summed E-state index contributed by atoms with van der Waals surface area (Å²) < 4.78 is 5.41. The fourth-order valence-electron chi connectivity index (χ4n) is 1.65. The van der Waals surface area contributed by atoms with Crippen LogP contribution in [0.5, 0.6) is 5.75 Å². The summed E-state index contributed by atoms with van der Waals surface area (Å²) >= 11 is 5.47. The van der Waals surface area contributed by atoms with Crippen LogP contribution in [0.4, 0.5) is 0 Å². The van der Waals surface area contributed by atoms with E-state index in [9.17, 15) is 4.79 Å². The first-order valence-corrected chi connectivity index (χ1v) is 5.56. The molecule has 0 aromatic heterocycles. The number of halogens is 1. The normalized spacial score (nSPS) is 15.1. The first kappa shape index (κ1) is 10.5. The van der Waals surface area contributed by atoms with E-state index in [1.54, 1.807) is 6.07 Å². The second-order valence-corrected chi connectivity index (χ2v) is 4.08. The molecule has 80 valence electrons. The predicted molar refractivity (Wildman–Crippen MR) is 59.8 cm³/mol. The van der Waals surface area contributed by atoms with Crippen LogP contribution in [0.1, 0.15) is 41.6 Å². The zero-order valence-corrected chi connectivity index (χ0v) is 9.38. The lowest BCUT2D eigenvalue weighted by molar-refractivity contribution is 0.107. The van der Waals surface area contributed by atoms with Gasteiger partial charge in [0.2, 0.25) is 0 Å². The summed E-state index contributed by atoms with van der Waals surface area (Å²) in [5.41, 5.74) is 1.71. The van der Waals surface area contributed by atoms with Gasteiger partial charge in [0.05, 0.1) is 12.2 Å². The van der Waals surface area contributed by atoms with Crippen molar-refractivity contribution in [3.05, 3.63) is 29.3 Å². The molecule has 1 aliphatic carbocycles. The van der Waals surface area contributed by atoms with E-state index in [1.165, 1.54) is 18.4 Å². The molecule has 0 N–H and O–H groups in total. The van der Waals surface area contributed by atoms with E-state index >= 15 is 0 Å². The number of rotatable bonds is 4. The first-order valence-electron chi connectivity index (χ1n) is 5.19. The van der Waals surface area contributed by atoms with Crippen molar-refractivity contribution in [2.45, 2.75) is 25.7 Å². The fraction of sp³-hybridized carbons (Fsp3) is 0.417. The number of carbonyl (C=O) groups is 1. The SMILES string of the molecule is CCOc1cc(C2CC2)ccc1C(=O)Cl. The highest BCUT2D eigenvalue weighted by Crippen LogP contribution is 2.41. The molecule has 3 heteroatoms. The molecule has 15 heavy (non-hydrogen) atoms.